The van der Waals surface area contributed by atoms with E-state index in [1.54, 1.807) is 12.1 Å². The number of nitrogens with one attached hydrogen (secondary N) is 2. The Hall–Kier alpha value is -2.93. The van der Waals surface area contributed by atoms with Crippen LogP contribution >= 0.6 is 0 Å². The molecule has 0 spiro atoms. The maximum atomic E-state index is 12.5. The van der Waals surface area contributed by atoms with Crippen LogP contribution in [0.5, 0.6) is 0 Å². The van der Waals surface area contributed by atoms with Crippen LogP contribution in [0.4, 0.5) is 0 Å². The van der Waals surface area contributed by atoms with Crippen molar-refractivity contribution in [1.29, 1.82) is 0 Å². The fraction of sp³-hybridized carbons (Fsp3) is 0.381. The Bertz CT molecular complexity index is 844. The van der Waals surface area contributed by atoms with Crippen LogP contribution in [0.2, 0.25) is 0 Å². The van der Waals surface area contributed by atoms with Gasteiger partial charge in [0.15, 0.2) is 0 Å². The lowest BCUT2D eigenvalue weighted by Gasteiger charge is -2.21. The third-order valence-electron chi connectivity index (χ3n) is 4.46. The Morgan fingerprint density at radius 2 is 1.57 bits per heavy atom. The monoisotopic (exact) mass is 386 g/mol. The van der Waals surface area contributed by atoms with E-state index in [0.717, 1.165) is 10.8 Å². The number of aliphatic carboxylic acids is 2. The first-order valence-corrected chi connectivity index (χ1v) is 9.27. The number of hydrogen-bond donors (Lipinski definition) is 4. The third-order valence-corrected chi connectivity index (χ3v) is 4.46. The van der Waals surface area contributed by atoms with E-state index in [-0.39, 0.29) is 24.8 Å². The number of carbonyl (C=O) groups excluding carboxylic acids is 1. The quantitative estimate of drug-likeness (QED) is 0.499. The van der Waals surface area contributed by atoms with E-state index in [2.05, 4.69) is 10.6 Å². The maximum Gasteiger partial charge on any atom is 0.320 e. The minimum Gasteiger partial charge on any atom is -0.480 e. The standard InChI is InChI=1S/C21H26N2O5/c1-13(2)12-18(21(27)28)23-17(20(25)26)10-11-22-19(24)16-9-5-7-14-6-3-4-8-15(14)16/h3-9,13,17-18,23H,10-12H2,1-2H3,(H,22,24)(H,25,26)(H,27,28)/t17-,18-/m0/s1. The van der Waals surface area contributed by atoms with Crippen LogP contribution in [-0.2, 0) is 9.59 Å². The smallest absolute Gasteiger partial charge is 0.320 e. The lowest BCUT2D eigenvalue weighted by molar-refractivity contribution is -0.143. The average molecular weight is 386 g/mol. The molecule has 0 aliphatic carbocycles. The fourth-order valence-electron chi connectivity index (χ4n) is 3.08. The number of amides is 1. The predicted octanol–water partition coefficient (Wildman–Crippen LogP) is 2.50. The first kappa shape index (κ1) is 21.4. The Labute approximate surface area is 163 Å². The molecule has 150 valence electrons. The Balaban J connectivity index is 1.99. The normalized spacial score (nSPS) is 13.2. The summed E-state index contributed by atoms with van der Waals surface area (Å²) in [7, 11) is 0. The summed E-state index contributed by atoms with van der Waals surface area (Å²) in [5.41, 5.74) is 0.515. The summed E-state index contributed by atoms with van der Waals surface area (Å²) in [6, 6.07) is 10.9. The Kier molecular flexibility index (Phi) is 7.52. The third kappa shape index (κ3) is 5.79. The van der Waals surface area contributed by atoms with Crippen LogP contribution in [0.25, 0.3) is 10.8 Å². The van der Waals surface area contributed by atoms with Crippen LogP contribution in [0.15, 0.2) is 42.5 Å². The molecule has 1 amide bonds. The highest BCUT2D eigenvalue weighted by Crippen LogP contribution is 2.18. The van der Waals surface area contributed by atoms with Gasteiger partial charge in [-0.2, -0.15) is 0 Å². The van der Waals surface area contributed by atoms with Crippen molar-refractivity contribution in [1.82, 2.24) is 10.6 Å². The molecule has 0 saturated carbocycles. The van der Waals surface area contributed by atoms with E-state index >= 15 is 0 Å². The molecule has 2 rings (SSSR count). The van der Waals surface area contributed by atoms with Crippen molar-refractivity contribution < 1.29 is 24.6 Å². The number of rotatable bonds is 10. The van der Waals surface area contributed by atoms with Gasteiger partial charge in [0.05, 0.1) is 0 Å². The second-order valence-electron chi connectivity index (χ2n) is 7.15. The van der Waals surface area contributed by atoms with Crippen molar-refractivity contribution in [3.8, 4) is 0 Å². The van der Waals surface area contributed by atoms with E-state index < -0.39 is 24.0 Å². The molecule has 0 heterocycles. The molecule has 2 atom stereocenters. The minimum absolute atomic E-state index is 0.0771. The van der Waals surface area contributed by atoms with Gasteiger partial charge >= 0.3 is 11.9 Å². The summed E-state index contributed by atoms with van der Waals surface area (Å²) in [5.74, 6) is -2.42. The van der Waals surface area contributed by atoms with Gasteiger partial charge in [0.25, 0.3) is 5.91 Å². The van der Waals surface area contributed by atoms with Gasteiger partial charge in [-0.3, -0.25) is 19.7 Å². The summed E-state index contributed by atoms with van der Waals surface area (Å²) >= 11 is 0. The SMILES string of the molecule is CC(C)C[C@H](N[C@@H](CCNC(=O)c1cccc2ccccc12)C(=O)O)C(=O)O. The van der Waals surface area contributed by atoms with Gasteiger partial charge in [-0.1, -0.05) is 50.2 Å². The first-order valence-electron chi connectivity index (χ1n) is 9.27. The van der Waals surface area contributed by atoms with Gasteiger partial charge in [0.1, 0.15) is 12.1 Å². The molecule has 0 unspecified atom stereocenters. The number of carboxylic acids is 2. The molecule has 0 saturated heterocycles. The number of carbonyl (C=O) groups is 3. The Morgan fingerprint density at radius 3 is 2.21 bits per heavy atom. The van der Waals surface area contributed by atoms with Gasteiger partial charge in [-0.25, -0.2) is 0 Å². The van der Waals surface area contributed by atoms with Gasteiger partial charge in [-0.15, -0.1) is 0 Å². The molecule has 7 nitrogen and oxygen atoms in total. The highest BCUT2D eigenvalue weighted by atomic mass is 16.4. The second-order valence-corrected chi connectivity index (χ2v) is 7.15. The largest absolute Gasteiger partial charge is 0.480 e. The zero-order valence-corrected chi connectivity index (χ0v) is 16.0. The number of carboxylic acid groups (broad SMARTS) is 2. The van der Waals surface area contributed by atoms with Crippen LogP contribution in [-0.4, -0.2) is 46.7 Å². The lowest BCUT2D eigenvalue weighted by Crippen LogP contribution is -2.49. The molecule has 28 heavy (non-hydrogen) atoms. The highest BCUT2D eigenvalue weighted by molar-refractivity contribution is 6.07. The van der Waals surface area contributed by atoms with E-state index in [1.807, 2.05) is 44.2 Å². The number of benzene rings is 2. The average Bonchev–Trinajstić information content (AvgIpc) is 2.65. The molecule has 2 aromatic rings. The molecule has 0 aliphatic heterocycles. The van der Waals surface area contributed by atoms with E-state index in [1.165, 1.54) is 0 Å². The first-order chi connectivity index (χ1) is 13.3. The van der Waals surface area contributed by atoms with Gasteiger partial charge in [0, 0.05) is 12.1 Å². The summed E-state index contributed by atoms with van der Waals surface area (Å²) in [6.07, 6.45) is 0.398. The molecular weight excluding hydrogens is 360 g/mol. The Morgan fingerprint density at radius 1 is 0.929 bits per heavy atom. The summed E-state index contributed by atoms with van der Waals surface area (Å²) in [4.78, 5) is 35.4. The molecule has 0 aliphatic rings. The van der Waals surface area contributed by atoms with Crippen molar-refractivity contribution in [2.75, 3.05) is 6.54 Å². The zero-order chi connectivity index (χ0) is 20.7. The van der Waals surface area contributed by atoms with Crippen LogP contribution in [0.3, 0.4) is 0 Å². The zero-order valence-electron chi connectivity index (χ0n) is 16.0. The minimum atomic E-state index is -1.14. The van der Waals surface area contributed by atoms with Crippen molar-refractivity contribution in [2.45, 2.75) is 38.8 Å². The molecule has 0 aromatic heterocycles. The molecule has 7 heteroatoms. The molecule has 4 N–H and O–H groups in total. The molecule has 0 fully saturated rings. The van der Waals surface area contributed by atoms with Crippen LogP contribution < -0.4 is 10.6 Å². The van der Waals surface area contributed by atoms with Gasteiger partial charge in [-0.05, 0) is 35.6 Å². The highest BCUT2D eigenvalue weighted by Gasteiger charge is 2.26. The predicted molar refractivity (Wildman–Crippen MR) is 106 cm³/mol. The second kappa shape index (κ2) is 9.85. The van der Waals surface area contributed by atoms with Crippen molar-refractivity contribution >= 4 is 28.6 Å². The summed E-state index contributed by atoms with van der Waals surface area (Å²) in [5, 5.41) is 25.9. The van der Waals surface area contributed by atoms with E-state index in [4.69, 9.17) is 0 Å². The van der Waals surface area contributed by atoms with E-state index in [9.17, 15) is 24.6 Å². The molecule has 2 aromatic carbocycles. The van der Waals surface area contributed by atoms with E-state index in [0.29, 0.717) is 12.0 Å². The molecule has 0 bridgehead atoms. The number of fused-ring (bicyclic) bond motifs is 1. The maximum absolute atomic E-state index is 12.5. The summed E-state index contributed by atoms with van der Waals surface area (Å²) in [6.45, 7) is 3.86. The fourth-order valence-corrected chi connectivity index (χ4v) is 3.08. The van der Waals surface area contributed by atoms with Crippen molar-refractivity contribution in [3.63, 3.8) is 0 Å². The van der Waals surface area contributed by atoms with Crippen molar-refractivity contribution in [3.05, 3.63) is 48.0 Å². The van der Waals surface area contributed by atoms with Gasteiger partial charge in [0.2, 0.25) is 0 Å². The van der Waals surface area contributed by atoms with Crippen molar-refractivity contribution in [2.24, 2.45) is 5.92 Å². The van der Waals surface area contributed by atoms with Crippen LogP contribution in [0, 0.1) is 5.92 Å². The lowest BCUT2D eigenvalue weighted by atomic mass is 10.0. The summed E-state index contributed by atoms with van der Waals surface area (Å²) < 4.78 is 0. The number of hydrogen-bond acceptors (Lipinski definition) is 4. The molecular formula is C21H26N2O5. The van der Waals surface area contributed by atoms with Crippen LogP contribution in [0.1, 0.15) is 37.0 Å². The van der Waals surface area contributed by atoms with Gasteiger partial charge < -0.3 is 15.5 Å². The topological polar surface area (TPSA) is 116 Å². The molecule has 0 radical (unpaired) electrons.